The standard InChI is InChI=1S/C20H18F4N2/c21-15-4-1-13(2-5-15)18-12-26(16-7-9-25-10-8-16)19-6-3-14(11-17(18)19)20(22,23)24/h1-6,11-12,16,25H,7-10H2. The lowest BCUT2D eigenvalue weighted by molar-refractivity contribution is -0.137. The third-order valence-corrected chi connectivity index (χ3v) is 5.02. The summed E-state index contributed by atoms with van der Waals surface area (Å²) in [4.78, 5) is 0. The number of aromatic nitrogens is 1. The molecule has 1 saturated heterocycles. The van der Waals surface area contributed by atoms with Crippen LogP contribution >= 0.6 is 0 Å². The van der Waals surface area contributed by atoms with Gasteiger partial charge in [-0.1, -0.05) is 12.1 Å². The van der Waals surface area contributed by atoms with Crippen molar-refractivity contribution < 1.29 is 17.6 Å². The molecule has 2 aromatic carbocycles. The van der Waals surface area contributed by atoms with E-state index in [-0.39, 0.29) is 11.9 Å². The Balaban J connectivity index is 1.91. The molecule has 1 aromatic heterocycles. The Kier molecular flexibility index (Phi) is 4.23. The largest absolute Gasteiger partial charge is 0.416 e. The third-order valence-electron chi connectivity index (χ3n) is 5.02. The highest BCUT2D eigenvalue weighted by Gasteiger charge is 2.31. The summed E-state index contributed by atoms with van der Waals surface area (Å²) in [6.07, 6.45) is -0.638. The molecule has 1 fully saturated rings. The van der Waals surface area contributed by atoms with Crippen LogP contribution in [0.1, 0.15) is 24.4 Å². The van der Waals surface area contributed by atoms with Gasteiger partial charge in [0.15, 0.2) is 0 Å². The smallest absolute Gasteiger partial charge is 0.344 e. The predicted molar refractivity (Wildman–Crippen MR) is 93.5 cm³/mol. The van der Waals surface area contributed by atoms with Crippen LogP contribution in [-0.2, 0) is 6.18 Å². The molecule has 2 nitrogen and oxygen atoms in total. The Morgan fingerprint density at radius 1 is 0.962 bits per heavy atom. The van der Waals surface area contributed by atoms with Crippen LogP contribution in [0.15, 0.2) is 48.7 Å². The molecule has 3 aromatic rings. The molecule has 0 unspecified atom stereocenters. The van der Waals surface area contributed by atoms with E-state index in [1.54, 1.807) is 18.2 Å². The molecule has 26 heavy (non-hydrogen) atoms. The van der Waals surface area contributed by atoms with Gasteiger partial charge in [0.05, 0.1) is 5.56 Å². The minimum atomic E-state index is -4.40. The van der Waals surface area contributed by atoms with Crippen LogP contribution in [0.2, 0.25) is 0 Å². The number of fused-ring (bicyclic) bond motifs is 1. The summed E-state index contributed by atoms with van der Waals surface area (Å²) in [7, 11) is 0. The highest BCUT2D eigenvalue weighted by atomic mass is 19.4. The average Bonchev–Trinajstić information content (AvgIpc) is 3.01. The van der Waals surface area contributed by atoms with Gasteiger partial charge in [0.2, 0.25) is 0 Å². The Bertz CT molecular complexity index is 919. The Morgan fingerprint density at radius 2 is 1.65 bits per heavy atom. The van der Waals surface area contributed by atoms with Gasteiger partial charge < -0.3 is 9.88 Å². The van der Waals surface area contributed by atoms with Gasteiger partial charge in [0, 0.05) is 28.7 Å². The summed E-state index contributed by atoms with van der Waals surface area (Å²) in [6.45, 7) is 1.77. The van der Waals surface area contributed by atoms with Crippen LogP contribution in [0.4, 0.5) is 17.6 Å². The second kappa shape index (κ2) is 6.43. The summed E-state index contributed by atoms with van der Waals surface area (Å²) >= 11 is 0. The molecule has 0 spiro atoms. The van der Waals surface area contributed by atoms with Crippen LogP contribution in [-0.4, -0.2) is 17.7 Å². The maximum atomic E-state index is 13.3. The van der Waals surface area contributed by atoms with E-state index in [0.29, 0.717) is 16.5 Å². The first-order chi connectivity index (χ1) is 12.4. The first kappa shape index (κ1) is 17.1. The van der Waals surface area contributed by atoms with Crippen molar-refractivity contribution in [1.82, 2.24) is 9.88 Å². The van der Waals surface area contributed by atoms with Crippen LogP contribution in [0.25, 0.3) is 22.0 Å². The zero-order valence-electron chi connectivity index (χ0n) is 14.0. The minimum Gasteiger partial charge on any atom is -0.344 e. The van der Waals surface area contributed by atoms with Crippen molar-refractivity contribution in [1.29, 1.82) is 0 Å². The number of alkyl halides is 3. The summed E-state index contributed by atoms with van der Waals surface area (Å²) in [5.41, 5.74) is 1.52. The van der Waals surface area contributed by atoms with Gasteiger partial charge in [0.1, 0.15) is 5.82 Å². The SMILES string of the molecule is Fc1ccc(-c2cn(C3CCNCC3)c3ccc(C(F)(F)F)cc23)cc1. The number of piperidine rings is 1. The van der Waals surface area contributed by atoms with Crippen molar-refractivity contribution in [3.05, 3.63) is 60.0 Å². The van der Waals surface area contributed by atoms with Gasteiger partial charge in [-0.2, -0.15) is 13.2 Å². The lowest BCUT2D eigenvalue weighted by atomic mass is 10.0. The van der Waals surface area contributed by atoms with Crippen LogP contribution in [0.5, 0.6) is 0 Å². The van der Waals surface area contributed by atoms with Crippen molar-refractivity contribution in [2.45, 2.75) is 25.1 Å². The van der Waals surface area contributed by atoms with E-state index < -0.39 is 11.7 Å². The molecule has 1 N–H and O–H groups in total. The monoisotopic (exact) mass is 362 g/mol. The number of hydrogen-bond donors (Lipinski definition) is 1. The van der Waals surface area contributed by atoms with Crippen molar-refractivity contribution in [3.8, 4) is 11.1 Å². The molecule has 0 saturated carbocycles. The van der Waals surface area contributed by atoms with Crippen molar-refractivity contribution in [2.75, 3.05) is 13.1 Å². The second-order valence-electron chi connectivity index (χ2n) is 6.67. The number of halogens is 4. The van der Waals surface area contributed by atoms with Crippen molar-refractivity contribution >= 4 is 10.9 Å². The summed E-state index contributed by atoms with van der Waals surface area (Å²) in [6, 6.07) is 10.00. The quantitative estimate of drug-likeness (QED) is 0.605. The van der Waals surface area contributed by atoms with Crippen molar-refractivity contribution in [2.24, 2.45) is 0 Å². The molecule has 4 rings (SSSR count). The van der Waals surface area contributed by atoms with Gasteiger partial charge in [0.25, 0.3) is 0 Å². The van der Waals surface area contributed by atoms with E-state index in [2.05, 4.69) is 9.88 Å². The Hall–Kier alpha value is -2.34. The van der Waals surface area contributed by atoms with Gasteiger partial charge >= 0.3 is 6.18 Å². The van der Waals surface area contributed by atoms with Gasteiger partial charge in [-0.15, -0.1) is 0 Å². The van der Waals surface area contributed by atoms with Crippen LogP contribution in [0, 0.1) is 5.82 Å². The first-order valence-corrected chi connectivity index (χ1v) is 8.62. The summed E-state index contributed by atoms with van der Waals surface area (Å²) in [5, 5.41) is 3.85. The first-order valence-electron chi connectivity index (χ1n) is 8.62. The normalized spacial score (nSPS) is 16.3. The van der Waals surface area contributed by atoms with E-state index >= 15 is 0 Å². The number of nitrogens with one attached hydrogen (secondary N) is 1. The summed E-state index contributed by atoms with van der Waals surface area (Å²) in [5.74, 6) is -0.369. The molecule has 136 valence electrons. The van der Waals surface area contributed by atoms with Gasteiger partial charge in [-0.05, 0) is 61.8 Å². The minimum absolute atomic E-state index is 0.240. The van der Waals surface area contributed by atoms with E-state index in [0.717, 1.165) is 37.5 Å². The van der Waals surface area contributed by atoms with Crippen molar-refractivity contribution in [3.63, 3.8) is 0 Å². The molecule has 0 aliphatic carbocycles. The topological polar surface area (TPSA) is 17.0 Å². The second-order valence-corrected chi connectivity index (χ2v) is 6.67. The van der Waals surface area contributed by atoms with E-state index in [1.165, 1.54) is 18.2 Å². The molecule has 0 atom stereocenters. The number of hydrogen-bond acceptors (Lipinski definition) is 1. The number of benzene rings is 2. The Labute approximate surface area is 148 Å². The fraction of sp³-hybridized carbons (Fsp3) is 0.300. The zero-order chi connectivity index (χ0) is 18.3. The molecule has 0 radical (unpaired) electrons. The molecule has 1 aliphatic rings. The van der Waals surface area contributed by atoms with E-state index in [9.17, 15) is 17.6 Å². The average molecular weight is 362 g/mol. The molecule has 2 heterocycles. The summed E-state index contributed by atoms with van der Waals surface area (Å²) < 4.78 is 54.9. The molecular formula is C20H18F4N2. The fourth-order valence-corrected chi connectivity index (χ4v) is 3.68. The van der Waals surface area contributed by atoms with E-state index in [4.69, 9.17) is 0 Å². The maximum Gasteiger partial charge on any atom is 0.416 e. The zero-order valence-corrected chi connectivity index (χ0v) is 14.0. The highest BCUT2D eigenvalue weighted by molar-refractivity contribution is 5.96. The molecule has 1 aliphatic heterocycles. The molecular weight excluding hydrogens is 344 g/mol. The van der Waals surface area contributed by atoms with Crippen LogP contribution in [0.3, 0.4) is 0 Å². The highest BCUT2D eigenvalue weighted by Crippen LogP contribution is 2.38. The molecule has 6 heteroatoms. The van der Waals surface area contributed by atoms with Gasteiger partial charge in [-0.25, -0.2) is 4.39 Å². The third kappa shape index (κ3) is 3.09. The lowest BCUT2D eigenvalue weighted by Gasteiger charge is -2.25. The van der Waals surface area contributed by atoms with E-state index in [1.807, 2.05) is 6.20 Å². The number of rotatable bonds is 2. The fourth-order valence-electron chi connectivity index (χ4n) is 3.68. The lowest BCUT2D eigenvalue weighted by Crippen LogP contribution is -2.29. The van der Waals surface area contributed by atoms with Gasteiger partial charge in [-0.3, -0.25) is 0 Å². The predicted octanol–water partition coefficient (Wildman–Crippen LogP) is 5.39. The number of nitrogens with zero attached hydrogens (tertiary/aromatic N) is 1. The molecule has 0 bridgehead atoms. The van der Waals surface area contributed by atoms with Crippen LogP contribution < -0.4 is 5.32 Å². The maximum absolute atomic E-state index is 13.3. The Morgan fingerprint density at radius 3 is 2.31 bits per heavy atom. The molecule has 0 amide bonds.